The summed E-state index contributed by atoms with van der Waals surface area (Å²) in [5.41, 5.74) is -0.467. The smallest absolute Gasteiger partial charge is 0.407 e. The van der Waals surface area contributed by atoms with Gasteiger partial charge in [0.05, 0.1) is 0 Å². The molecule has 0 saturated heterocycles. The molecule has 2 N–H and O–H groups in total. The van der Waals surface area contributed by atoms with Crippen molar-refractivity contribution in [2.24, 2.45) is 0 Å². The van der Waals surface area contributed by atoms with Gasteiger partial charge in [0.15, 0.2) is 0 Å². The van der Waals surface area contributed by atoms with Gasteiger partial charge in [0.1, 0.15) is 16.6 Å². The number of carbonyl (C=O) groups excluding carboxylic acids is 1. The van der Waals surface area contributed by atoms with Crippen molar-refractivity contribution in [2.45, 2.75) is 57.7 Å². The van der Waals surface area contributed by atoms with Gasteiger partial charge in [0, 0.05) is 12.1 Å². The monoisotopic (exact) mass is 311 g/mol. The van der Waals surface area contributed by atoms with Crippen LogP contribution in [-0.4, -0.2) is 28.8 Å². The van der Waals surface area contributed by atoms with Crippen LogP contribution in [0.5, 0.6) is 0 Å². The minimum atomic E-state index is -0.467. The molecule has 1 aliphatic rings. The summed E-state index contributed by atoms with van der Waals surface area (Å²) in [5.74, 6) is 0.769. The number of rotatable bonds is 3. The van der Waals surface area contributed by atoms with E-state index < -0.39 is 5.60 Å². The van der Waals surface area contributed by atoms with Crippen molar-refractivity contribution in [3.05, 3.63) is 23.4 Å². The molecule has 1 fully saturated rings. The highest BCUT2D eigenvalue weighted by Crippen LogP contribution is 2.23. The minimum Gasteiger partial charge on any atom is -0.444 e. The maximum atomic E-state index is 11.7. The molecule has 0 aliphatic heterocycles. The van der Waals surface area contributed by atoms with Crippen LogP contribution in [0.15, 0.2) is 18.2 Å². The lowest BCUT2D eigenvalue weighted by atomic mass is 10.2. The van der Waals surface area contributed by atoms with E-state index in [0.717, 1.165) is 25.1 Å². The van der Waals surface area contributed by atoms with E-state index in [0.29, 0.717) is 5.15 Å². The third-order valence-electron chi connectivity index (χ3n) is 3.22. The highest BCUT2D eigenvalue weighted by Gasteiger charge is 2.27. The van der Waals surface area contributed by atoms with Gasteiger partial charge in [-0.1, -0.05) is 17.7 Å². The van der Waals surface area contributed by atoms with Crippen molar-refractivity contribution >= 4 is 23.5 Å². The van der Waals surface area contributed by atoms with Gasteiger partial charge in [-0.15, -0.1) is 0 Å². The molecule has 0 radical (unpaired) electrons. The first-order chi connectivity index (χ1) is 9.82. The maximum Gasteiger partial charge on any atom is 0.407 e. The molecule has 2 unspecified atom stereocenters. The Labute approximate surface area is 130 Å². The normalized spacial score (nSPS) is 21.9. The van der Waals surface area contributed by atoms with Crippen LogP contribution in [-0.2, 0) is 4.74 Å². The van der Waals surface area contributed by atoms with E-state index in [-0.39, 0.29) is 18.2 Å². The van der Waals surface area contributed by atoms with E-state index in [1.54, 1.807) is 6.07 Å². The third-order valence-corrected chi connectivity index (χ3v) is 3.43. The molecule has 1 aliphatic carbocycles. The van der Waals surface area contributed by atoms with Crippen LogP contribution in [0, 0.1) is 0 Å². The third kappa shape index (κ3) is 5.42. The van der Waals surface area contributed by atoms with Crippen molar-refractivity contribution in [1.29, 1.82) is 0 Å². The number of pyridine rings is 1. The molecule has 1 heterocycles. The number of hydrogen-bond acceptors (Lipinski definition) is 4. The summed E-state index contributed by atoms with van der Waals surface area (Å²) < 4.78 is 5.27. The molecule has 0 bridgehead atoms. The van der Waals surface area contributed by atoms with Crippen molar-refractivity contribution in [3.63, 3.8) is 0 Å². The van der Waals surface area contributed by atoms with Crippen LogP contribution in [0.3, 0.4) is 0 Å². The zero-order valence-electron chi connectivity index (χ0n) is 12.6. The molecule has 0 aromatic carbocycles. The maximum absolute atomic E-state index is 11.7. The highest BCUT2D eigenvalue weighted by molar-refractivity contribution is 6.29. The summed E-state index contributed by atoms with van der Waals surface area (Å²) in [6.07, 6.45) is 2.41. The molecule has 1 saturated carbocycles. The van der Waals surface area contributed by atoms with Gasteiger partial charge in [-0.2, -0.15) is 0 Å². The molecule has 2 rings (SSSR count). The summed E-state index contributed by atoms with van der Waals surface area (Å²) >= 11 is 5.86. The highest BCUT2D eigenvalue weighted by atomic mass is 35.5. The predicted molar refractivity (Wildman–Crippen MR) is 83.7 cm³/mol. The van der Waals surface area contributed by atoms with Crippen molar-refractivity contribution < 1.29 is 9.53 Å². The second-order valence-corrected chi connectivity index (χ2v) is 6.73. The summed E-state index contributed by atoms with van der Waals surface area (Å²) in [6, 6.07) is 5.92. The number of anilines is 1. The van der Waals surface area contributed by atoms with Gasteiger partial charge in [-0.25, -0.2) is 9.78 Å². The first-order valence-electron chi connectivity index (χ1n) is 7.20. The second kappa shape index (κ2) is 6.52. The van der Waals surface area contributed by atoms with E-state index in [1.165, 1.54) is 0 Å². The van der Waals surface area contributed by atoms with E-state index in [2.05, 4.69) is 15.6 Å². The van der Waals surface area contributed by atoms with Crippen molar-refractivity contribution in [2.75, 3.05) is 5.32 Å². The number of carbonyl (C=O) groups is 1. The quantitative estimate of drug-likeness (QED) is 0.837. The number of nitrogens with one attached hydrogen (secondary N) is 2. The molecule has 1 aromatic heterocycles. The molecular formula is C15H22ClN3O2. The molecule has 1 aromatic rings. The van der Waals surface area contributed by atoms with Gasteiger partial charge in [-0.05, 0) is 52.2 Å². The van der Waals surface area contributed by atoms with Gasteiger partial charge in [-0.3, -0.25) is 0 Å². The number of nitrogens with zero attached hydrogens (tertiary/aromatic N) is 1. The van der Waals surface area contributed by atoms with Crippen LogP contribution in [0.25, 0.3) is 0 Å². The van der Waals surface area contributed by atoms with Crippen LogP contribution in [0.1, 0.15) is 40.0 Å². The number of alkyl carbamates (subject to hydrolysis) is 1. The minimum absolute atomic E-state index is 0.136. The lowest BCUT2D eigenvalue weighted by molar-refractivity contribution is 0.0505. The Kier molecular flexibility index (Phi) is 4.93. The van der Waals surface area contributed by atoms with Crippen molar-refractivity contribution in [3.8, 4) is 0 Å². The standard InChI is InChI=1S/C15H22ClN3O2/c1-15(2,3)21-14(20)18-11-8-7-10(9-11)17-13-6-4-5-12(16)19-13/h4-6,10-11H,7-9H2,1-3H3,(H,17,19)(H,18,20). The van der Waals surface area contributed by atoms with Crippen LogP contribution >= 0.6 is 11.6 Å². The number of aromatic nitrogens is 1. The Morgan fingerprint density at radius 2 is 2.05 bits per heavy atom. The first kappa shape index (κ1) is 15.9. The fraction of sp³-hybridized carbons (Fsp3) is 0.600. The topological polar surface area (TPSA) is 63.2 Å². The molecule has 6 heteroatoms. The molecule has 1 amide bonds. The van der Waals surface area contributed by atoms with E-state index in [9.17, 15) is 4.79 Å². The Balaban J connectivity index is 1.80. The number of halogens is 1. The SMILES string of the molecule is CC(C)(C)OC(=O)NC1CCC(Nc2cccc(Cl)n2)C1. The van der Waals surface area contributed by atoms with E-state index in [1.807, 2.05) is 32.9 Å². The summed E-state index contributed by atoms with van der Waals surface area (Å²) in [7, 11) is 0. The van der Waals surface area contributed by atoms with Crippen molar-refractivity contribution in [1.82, 2.24) is 10.3 Å². The summed E-state index contributed by atoms with van der Waals surface area (Å²) in [4.78, 5) is 16.0. The van der Waals surface area contributed by atoms with Gasteiger partial charge in [0.25, 0.3) is 0 Å². The summed E-state index contributed by atoms with van der Waals surface area (Å²) in [5, 5.41) is 6.73. The average molecular weight is 312 g/mol. The molecule has 2 atom stereocenters. The van der Waals surface area contributed by atoms with E-state index >= 15 is 0 Å². The van der Waals surface area contributed by atoms with E-state index in [4.69, 9.17) is 16.3 Å². The number of amides is 1. The zero-order valence-corrected chi connectivity index (χ0v) is 13.4. The van der Waals surface area contributed by atoms with Crippen LogP contribution < -0.4 is 10.6 Å². The Bertz CT molecular complexity index is 502. The number of ether oxygens (including phenoxy) is 1. The first-order valence-corrected chi connectivity index (χ1v) is 7.58. The molecule has 21 heavy (non-hydrogen) atoms. The van der Waals surface area contributed by atoms with Gasteiger partial charge < -0.3 is 15.4 Å². The molecule has 0 spiro atoms. The summed E-state index contributed by atoms with van der Waals surface area (Å²) in [6.45, 7) is 5.57. The van der Waals surface area contributed by atoms with Crippen LogP contribution in [0.4, 0.5) is 10.6 Å². The lowest BCUT2D eigenvalue weighted by Gasteiger charge is -2.22. The second-order valence-electron chi connectivity index (χ2n) is 6.34. The average Bonchev–Trinajstić information content (AvgIpc) is 2.73. The Morgan fingerprint density at radius 1 is 1.33 bits per heavy atom. The Morgan fingerprint density at radius 3 is 2.71 bits per heavy atom. The molecule has 5 nitrogen and oxygen atoms in total. The van der Waals surface area contributed by atoms with Gasteiger partial charge in [0.2, 0.25) is 0 Å². The lowest BCUT2D eigenvalue weighted by Crippen LogP contribution is -2.38. The van der Waals surface area contributed by atoms with Crippen LogP contribution in [0.2, 0.25) is 5.15 Å². The zero-order chi connectivity index (χ0) is 15.5. The molecular weight excluding hydrogens is 290 g/mol. The molecule has 116 valence electrons. The predicted octanol–water partition coefficient (Wildman–Crippen LogP) is 3.59. The Hall–Kier alpha value is -1.49. The fourth-order valence-corrected chi connectivity index (χ4v) is 2.58. The van der Waals surface area contributed by atoms with Gasteiger partial charge >= 0.3 is 6.09 Å². The number of hydrogen-bond donors (Lipinski definition) is 2. The largest absolute Gasteiger partial charge is 0.444 e. The fourth-order valence-electron chi connectivity index (χ4n) is 2.42.